The molecular weight excluding hydrogens is 284 g/mol. The van der Waals surface area contributed by atoms with E-state index in [-0.39, 0.29) is 11.7 Å². The van der Waals surface area contributed by atoms with E-state index in [0.29, 0.717) is 28.9 Å². The van der Waals surface area contributed by atoms with Crippen molar-refractivity contribution in [3.05, 3.63) is 22.5 Å². The van der Waals surface area contributed by atoms with Crippen molar-refractivity contribution in [2.24, 2.45) is 7.05 Å². The van der Waals surface area contributed by atoms with Crippen LogP contribution in [0.2, 0.25) is 0 Å². The maximum absolute atomic E-state index is 12.8. The van der Waals surface area contributed by atoms with E-state index in [0.717, 1.165) is 0 Å². The predicted molar refractivity (Wildman–Crippen MR) is 83.1 cm³/mol. The highest BCUT2D eigenvalue weighted by atomic mass is 16.5. The van der Waals surface area contributed by atoms with Crippen LogP contribution in [0.5, 0.6) is 0 Å². The fraction of sp³-hybridized carbons (Fsp3) is 0.562. The van der Waals surface area contributed by atoms with Gasteiger partial charge >= 0.3 is 5.97 Å². The minimum atomic E-state index is -0.585. The Hall–Kier alpha value is -2.11. The molecule has 122 valence electrons. The second-order valence-electron chi connectivity index (χ2n) is 5.38. The first-order valence-electron chi connectivity index (χ1n) is 7.22. The number of carbonyl (C=O) groups is 3. The van der Waals surface area contributed by atoms with E-state index in [1.807, 2.05) is 0 Å². The lowest BCUT2D eigenvalue weighted by atomic mass is 10.00. The lowest BCUT2D eigenvalue weighted by Gasteiger charge is -2.23. The second-order valence-corrected chi connectivity index (χ2v) is 5.38. The zero-order valence-electron chi connectivity index (χ0n) is 14.3. The lowest BCUT2D eigenvalue weighted by Crippen LogP contribution is -2.40. The van der Waals surface area contributed by atoms with Crippen molar-refractivity contribution in [3.8, 4) is 0 Å². The molecule has 0 aromatic carbocycles. The van der Waals surface area contributed by atoms with Crippen LogP contribution in [0.25, 0.3) is 0 Å². The van der Waals surface area contributed by atoms with Gasteiger partial charge in [0.15, 0.2) is 5.78 Å². The molecule has 0 radical (unpaired) electrons. The molecule has 0 fully saturated rings. The molecule has 0 aliphatic heterocycles. The van der Waals surface area contributed by atoms with Crippen molar-refractivity contribution >= 4 is 17.7 Å². The molecule has 1 aromatic rings. The highest BCUT2D eigenvalue weighted by molar-refractivity contribution is 6.06. The van der Waals surface area contributed by atoms with Gasteiger partial charge in [-0.05, 0) is 26.3 Å². The minimum Gasteiger partial charge on any atom is -0.464 e. The van der Waals surface area contributed by atoms with Crippen LogP contribution in [0.4, 0.5) is 0 Å². The van der Waals surface area contributed by atoms with E-state index in [1.165, 1.54) is 12.0 Å². The quantitative estimate of drug-likeness (QED) is 0.615. The number of aromatic nitrogens is 1. The molecule has 1 rings (SSSR count). The normalized spacial score (nSPS) is 12.0. The van der Waals surface area contributed by atoms with E-state index in [2.05, 4.69) is 0 Å². The van der Waals surface area contributed by atoms with Crippen LogP contribution >= 0.6 is 0 Å². The van der Waals surface area contributed by atoms with Gasteiger partial charge in [0.05, 0.1) is 13.2 Å². The standard InChI is InChI=1S/C16H24N2O4/c1-8-12(19)17(5)11(4)15(20)13-9(2)14(16(21)22-7)18(6)10(13)3/h11H,8H2,1-7H3. The van der Waals surface area contributed by atoms with E-state index in [4.69, 9.17) is 4.74 Å². The average molecular weight is 308 g/mol. The molecule has 22 heavy (non-hydrogen) atoms. The summed E-state index contributed by atoms with van der Waals surface area (Å²) in [7, 11) is 4.64. The van der Waals surface area contributed by atoms with E-state index in [1.54, 1.807) is 46.4 Å². The molecule has 0 aliphatic carbocycles. The fourth-order valence-corrected chi connectivity index (χ4v) is 2.58. The number of esters is 1. The third-order valence-electron chi connectivity index (χ3n) is 4.21. The van der Waals surface area contributed by atoms with Gasteiger partial charge in [-0.2, -0.15) is 0 Å². The number of carbonyl (C=O) groups excluding carboxylic acids is 3. The minimum absolute atomic E-state index is 0.0970. The van der Waals surface area contributed by atoms with Crippen LogP contribution in [-0.4, -0.2) is 47.3 Å². The van der Waals surface area contributed by atoms with Crippen LogP contribution in [0.15, 0.2) is 0 Å². The monoisotopic (exact) mass is 308 g/mol. The fourth-order valence-electron chi connectivity index (χ4n) is 2.58. The van der Waals surface area contributed by atoms with Crippen molar-refractivity contribution in [2.45, 2.75) is 40.2 Å². The van der Waals surface area contributed by atoms with Gasteiger partial charge in [-0.25, -0.2) is 4.79 Å². The molecule has 0 bridgehead atoms. The Kier molecular flexibility index (Phi) is 5.52. The van der Waals surface area contributed by atoms with Gasteiger partial charge in [-0.15, -0.1) is 0 Å². The van der Waals surface area contributed by atoms with Crippen LogP contribution < -0.4 is 0 Å². The lowest BCUT2D eigenvalue weighted by molar-refractivity contribution is -0.130. The molecule has 6 heteroatoms. The number of hydrogen-bond donors (Lipinski definition) is 0. The molecule has 1 aromatic heterocycles. The first kappa shape index (κ1) is 17.9. The number of likely N-dealkylation sites (N-methyl/N-ethyl adjacent to an activating group) is 1. The van der Waals surface area contributed by atoms with Gasteiger partial charge in [0.25, 0.3) is 0 Å². The zero-order chi connectivity index (χ0) is 17.2. The van der Waals surface area contributed by atoms with Gasteiger partial charge in [-0.3, -0.25) is 9.59 Å². The topological polar surface area (TPSA) is 68.6 Å². The maximum atomic E-state index is 12.8. The van der Waals surface area contributed by atoms with Gasteiger partial charge < -0.3 is 14.2 Å². The van der Waals surface area contributed by atoms with Gasteiger partial charge in [0.2, 0.25) is 5.91 Å². The summed E-state index contributed by atoms with van der Waals surface area (Å²) in [5.74, 6) is -0.752. The SMILES string of the molecule is CCC(=O)N(C)C(C)C(=O)c1c(C)c(C(=O)OC)n(C)c1C. The highest BCUT2D eigenvalue weighted by Gasteiger charge is 2.30. The van der Waals surface area contributed by atoms with E-state index in [9.17, 15) is 14.4 Å². The average Bonchev–Trinajstić information content (AvgIpc) is 2.73. The Morgan fingerprint density at radius 3 is 2.27 bits per heavy atom. The van der Waals surface area contributed by atoms with Crippen molar-refractivity contribution < 1.29 is 19.1 Å². The maximum Gasteiger partial charge on any atom is 0.354 e. The van der Waals surface area contributed by atoms with E-state index < -0.39 is 12.0 Å². The first-order chi connectivity index (χ1) is 10.2. The molecule has 1 amide bonds. The Morgan fingerprint density at radius 1 is 1.27 bits per heavy atom. The van der Waals surface area contributed by atoms with Crippen molar-refractivity contribution in [3.63, 3.8) is 0 Å². The molecular formula is C16H24N2O4. The Labute approximate surface area is 131 Å². The van der Waals surface area contributed by atoms with Crippen LogP contribution in [0, 0.1) is 13.8 Å². The number of amides is 1. The summed E-state index contributed by atoms with van der Waals surface area (Å²) in [5, 5.41) is 0. The molecule has 0 N–H and O–H groups in total. The van der Waals surface area contributed by atoms with E-state index >= 15 is 0 Å². The Morgan fingerprint density at radius 2 is 1.82 bits per heavy atom. The van der Waals surface area contributed by atoms with Crippen molar-refractivity contribution in [1.29, 1.82) is 0 Å². The number of ether oxygens (including phenoxy) is 1. The summed E-state index contributed by atoms with van der Waals surface area (Å²) in [6.45, 7) is 6.95. The molecule has 0 spiro atoms. The number of ketones is 1. The number of methoxy groups -OCH3 is 1. The summed E-state index contributed by atoms with van der Waals surface area (Å²) in [6.07, 6.45) is 0.342. The molecule has 0 saturated heterocycles. The largest absolute Gasteiger partial charge is 0.464 e. The molecule has 1 atom stereocenters. The third-order valence-corrected chi connectivity index (χ3v) is 4.21. The number of hydrogen-bond acceptors (Lipinski definition) is 4. The number of nitrogens with zero attached hydrogens (tertiary/aromatic N) is 2. The molecule has 1 heterocycles. The highest BCUT2D eigenvalue weighted by Crippen LogP contribution is 2.24. The predicted octanol–water partition coefficient (Wildman–Crippen LogP) is 1.87. The summed E-state index contributed by atoms with van der Waals surface area (Å²) in [5.41, 5.74) is 2.11. The van der Waals surface area contributed by atoms with Crippen LogP contribution in [0.3, 0.4) is 0 Å². The second kappa shape index (κ2) is 6.77. The van der Waals surface area contributed by atoms with Crippen molar-refractivity contribution in [2.75, 3.05) is 14.2 Å². The van der Waals surface area contributed by atoms with Gasteiger partial charge in [-0.1, -0.05) is 6.92 Å². The summed E-state index contributed by atoms with van der Waals surface area (Å²) in [6, 6.07) is -0.585. The number of Topliss-reactive ketones (excluding diaryl/α,β-unsaturated/α-hetero) is 1. The first-order valence-corrected chi connectivity index (χ1v) is 7.22. The molecule has 0 saturated carbocycles. The Balaban J connectivity index is 3.30. The zero-order valence-corrected chi connectivity index (χ0v) is 14.3. The molecule has 0 aliphatic rings. The summed E-state index contributed by atoms with van der Waals surface area (Å²) >= 11 is 0. The van der Waals surface area contributed by atoms with Gasteiger partial charge in [0.1, 0.15) is 5.69 Å². The smallest absolute Gasteiger partial charge is 0.354 e. The Bertz CT molecular complexity index is 616. The van der Waals surface area contributed by atoms with Crippen LogP contribution in [-0.2, 0) is 16.6 Å². The van der Waals surface area contributed by atoms with Crippen molar-refractivity contribution in [1.82, 2.24) is 9.47 Å². The molecule has 1 unspecified atom stereocenters. The summed E-state index contributed by atoms with van der Waals surface area (Å²) < 4.78 is 6.43. The van der Waals surface area contributed by atoms with Gasteiger partial charge in [0, 0.05) is 31.8 Å². The molecule has 6 nitrogen and oxygen atoms in total. The summed E-state index contributed by atoms with van der Waals surface area (Å²) in [4.78, 5) is 37.9. The van der Waals surface area contributed by atoms with Crippen LogP contribution in [0.1, 0.15) is 52.4 Å². The third kappa shape index (κ3) is 2.91. The number of rotatable bonds is 5.